The van der Waals surface area contributed by atoms with E-state index in [2.05, 4.69) is 187 Å². The number of nitrogens with zero attached hydrogens (tertiary/aromatic N) is 2. The van der Waals surface area contributed by atoms with Gasteiger partial charge in [0.15, 0.2) is 0 Å². The van der Waals surface area contributed by atoms with Gasteiger partial charge in [0.25, 0.3) is 0 Å². The van der Waals surface area contributed by atoms with Gasteiger partial charge in [0, 0.05) is 50.1 Å². The number of hydrogen-bond donors (Lipinski definition) is 0. The fourth-order valence-corrected chi connectivity index (χ4v) is 10.9. The Morgan fingerprint density at radius 1 is 0.645 bits per heavy atom. The quantitative estimate of drug-likeness (QED) is 0.167. The molecule has 1 atom stereocenters. The minimum absolute atomic E-state index is 0.0664. The molecule has 5 aliphatic carbocycles. The molecule has 5 aromatic carbocycles. The summed E-state index contributed by atoms with van der Waals surface area (Å²) in [7, 11) is 0. The van der Waals surface area contributed by atoms with Gasteiger partial charge in [-0.15, -0.1) is 0 Å². The van der Waals surface area contributed by atoms with E-state index in [9.17, 15) is 0 Å². The van der Waals surface area contributed by atoms with Gasteiger partial charge in [-0.3, -0.25) is 0 Å². The number of fused-ring (bicyclic) bond motifs is 10. The highest BCUT2D eigenvalue weighted by Gasteiger charge is 2.36. The summed E-state index contributed by atoms with van der Waals surface area (Å²) in [5, 5.41) is 2.59. The van der Waals surface area contributed by atoms with Gasteiger partial charge in [0.2, 0.25) is 0 Å². The predicted molar refractivity (Wildman–Crippen MR) is 263 cm³/mol. The van der Waals surface area contributed by atoms with Crippen LogP contribution < -0.4 is 4.90 Å². The fraction of sp³-hybridized carbons (Fsp3) is 0.220. The van der Waals surface area contributed by atoms with Crippen LogP contribution in [0.15, 0.2) is 167 Å². The van der Waals surface area contributed by atoms with Gasteiger partial charge < -0.3 is 13.9 Å². The van der Waals surface area contributed by atoms with Crippen LogP contribution in [0, 0.1) is 0 Å². The molecule has 0 aliphatic heterocycles. The van der Waals surface area contributed by atoms with Gasteiger partial charge in [0.1, 0.15) is 11.3 Å². The van der Waals surface area contributed by atoms with E-state index < -0.39 is 0 Å². The molecule has 5 aliphatic rings. The van der Waals surface area contributed by atoms with Crippen LogP contribution in [0.1, 0.15) is 93.5 Å². The van der Waals surface area contributed by atoms with E-state index in [4.69, 9.17) is 4.42 Å². The number of anilines is 2. The molecule has 62 heavy (non-hydrogen) atoms. The van der Waals surface area contributed by atoms with Gasteiger partial charge in [0.05, 0.1) is 11.6 Å². The molecule has 12 rings (SSSR count). The Balaban J connectivity index is 0.00000213. The van der Waals surface area contributed by atoms with Gasteiger partial charge in [-0.05, 0) is 144 Å². The lowest BCUT2D eigenvalue weighted by Gasteiger charge is -2.34. The van der Waals surface area contributed by atoms with Crippen molar-refractivity contribution in [3.05, 3.63) is 197 Å². The highest BCUT2D eigenvalue weighted by molar-refractivity contribution is 6.11. The first-order chi connectivity index (χ1) is 30.5. The van der Waals surface area contributed by atoms with E-state index in [1.807, 2.05) is 13.8 Å². The molecule has 0 amide bonds. The molecular formula is C59H54N2O. The number of rotatable bonds is 6. The summed E-state index contributed by atoms with van der Waals surface area (Å²) in [5.74, 6) is 1.02. The van der Waals surface area contributed by atoms with Crippen LogP contribution >= 0.6 is 0 Å². The van der Waals surface area contributed by atoms with Crippen molar-refractivity contribution < 1.29 is 4.42 Å². The summed E-state index contributed by atoms with van der Waals surface area (Å²) in [6.45, 7) is 8.75. The van der Waals surface area contributed by atoms with Crippen LogP contribution in [0.3, 0.4) is 0 Å². The van der Waals surface area contributed by atoms with E-state index in [1.165, 1.54) is 94.7 Å². The molecule has 0 fully saturated rings. The second kappa shape index (κ2) is 15.4. The molecule has 0 saturated carbocycles. The molecule has 0 radical (unpaired) electrons. The smallest absolute Gasteiger partial charge is 0.137 e. The van der Waals surface area contributed by atoms with Crippen LogP contribution in [-0.4, -0.2) is 10.6 Å². The van der Waals surface area contributed by atoms with Gasteiger partial charge in [-0.2, -0.15) is 0 Å². The molecule has 306 valence electrons. The molecule has 1 unspecified atom stereocenters. The Bertz CT molecular complexity index is 3080. The number of hydrogen-bond acceptors (Lipinski definition) is 2. The summed E-state index contributed by atoms with van der Waals surface area (Å²) in [6, 6.07) is 39.2. The molecule has 2 heterocycles. The molecule has 2 aromatic heterocycles. The SMILES string of the molecule is CC.CC1(C)c2ccccc2-c2ccc(N(c3ccc(-c4ccc(-n5c6c(c7ccc8oc9c(c8c75)CCC=C9)C=CCC6)cc4)cc3)C3C=CC(C4=CCCC=C4)=CC3)cc21. The predicted octanol–water partition coefficient (Wildman–Crippen LogP) is 16.0. The summed E-state index contributed by atoms with van der Waals surface area (Å²) < 4.78 is 8.96. The first-order valence-electron chi connectivity index (χ1n) is 23.0. The maximum absolute atomic E-state index is 6.43. The third-order valence-corrected chi connectivity index (χ3v) is 13.9. The number of aromatic nitrogens is 1. The first-order valence-corrected chi connectivity index (χ1v) is 23.0. The number of furan rings is 1. The van der Waals surface area contributed by atoms with Crippen LogP contribution in [-0.2, 0) is 18.3 Å². The highest BCUT2D eigenvalue weighted by Crippen LogP contribution is 2.50. The van der Waals surface area contributed by atoms with Gasteiger partial charge in [-0.1, -0.05) is 137 Å². The third-order valence-electron chi connectivity index (χ3n) is 13.9. The highest BCUT2D eigenvalue weighted by atomic mass is 16.3. The van der Waals surface area contributed by atoms with Crippen LogP contribution in [0.2, 0.25) is 0 Å². The molecule has 7 aromatic rings. The summed E-state index contributed by atoms with van der Waals surface area (Å²) in [5.41, 5.74) is 20.6. The third kappa shape index (κ3) is 6.16. The van der Waals surface area contributed by atoms with Crippen molar-refractivity contribution in [2.24, 2.45) is 0 Å². The molecule has 3 heteroatoms. The number of benzene rings is 5. The summed E-state index contributed by atoms with van der Waals surface area (Å²) >= 11 is 0. The first kappa shape index (κ1) is 38.3. The zero-order chi connectivity index (χ0) is 42.0. The molecule has 3 nitrogen and oxygen atoms in total. The largest absolute Gasteiger partial charge is 0.456 e. The topological polar surface area (TPSA) is 21.3 Å². The lowest BCUT2D eigenvalue weighted by molar-refractivity contribution is 0.595. The number of aryl methyl sites for hydroxylation is 1. The lowest BCUT2D eigenvalue weighted by atomic mass is 9.82. The summed E-state index contributed by atoms with van der Waals surface area (Å²) in [4.78, 5) is 2.56. The average molecular weight is 807 g/mol. The Morgan fingerprint density at radius 3 is 2.16 bits per heavy atom. The van der Waals surface area contributed by atoms with E-state index in [1.54, 1.807) is 0 Å². The van der Waals surface area contributed by atoms with E-state index in [0.717, 1.165) is 56.3 Å². The fourth-order valence-electron chi connectivity index (χ4n) is 10.9. The minimum Gasteiger partial charge on any atom is -0.456 e. The van der Waals surface area contributed by atoms with Crippen molar-refractivity contribution in [3.8, 4) is 27.9 Å². The maximum Gasteiger partial charge on any atom is 0.137 e. The summed E-state index contributed by atoms with van der Waals surface area (Å²) in [6.07, 6.45) is 30.6. The molecule has 0 spiro atoms. The molecule has 0 saturated heterocycles. The second-order valence-corrected chi connectivity index (χ2v) is 17.7. The lowest BCUT2D eigenvalue weighted by Crippen LogP contribution is -2.30. The molecular weight excluding hydrogens is 753 g/mol. The van der Waals surface area contributed by atoms with Crippen molar-refractivity contribution >= 4 is 45.4 Å². The van der Waals surface area contributed by atoms with Gasteiger partial charge >= 0.3 is 0 Å². The van der Waals surface area contributed by atoms with E-state index in [0.29, 0.717) is 0 Å². The maximum atomic E-state index is 6.43. The van der Waals surface area contributed by atoms with Gasteiger partial charge in [-0.25, -0.2) is 0 Å². The standard InChI is InChI=1S/C57H48N2O.C2H6/c1-57(2)50-17-9-6-14-45(50)46-33-32-44(36-51(46)57)58(41-26-20-38(21-27-41)37-12-4-3-5-13-37)42-28-22-39(23-29-42)40-24-30-43(31-25-40)59-52-18-10-7-15-47(52)48-34-35-54-55(56(48)59)49-16-8-11-19-53(49)60-54;1-2/h4,6-7,9,11-15,17,19-26,28-36,41H,3,5,8,10,16,18,27H2,1-2H3;1-2H3. The zero-order valence-electron chi connectivity index (χ0n) is 36.4. The van der Waals surface area contributed by atoms with Crippen molar-refractivity contribution in [2.45, 2.75) is 84.1 Å². The number of allylic oxidation sites excluding steroid dienone is 8. The normalized spacial score (nSPS) is 17.8. The average Bonchev–Trinajstić information content (AvgIpc) is 3.96. The Labute approximate surface area is 366 Å². The Kier molecular flexibility index (Phi) is 9.53. The zero-order valence-corrected chi connectivity index (χ0v) is 36.4. The van der Waals surface area contributed by atoms with Crippen molar-refractivity contribution in [1.82, 2.24) is 4.57 Å². The van der Waals surface area contributed by atoms with Crippen molar-refractivity contribution in [2.75, 3.05) is 4.90 Å². The molecule has 0 bridgehead atoms. The van der Waals surface area contributed by atoms with Crippen LogP contribution in [0.4, 0.5) is 11.4 Å². The monoisotopic (exact) mass is 806 g/mol. The second-order valence-electron chi connectivity index (χ2n) is 17.7. The van der Waals surface area contributed by atoms with Crippen LogP contribution in [0.25, 0.3) is 62.0 Å². The minimum atomic E-state index is -0.0664. The molecule has 0 N–H and O–H groups in total. The Hall–Kier alpha value is -6.58. The Morgan fingerprint density at radius 2 is 1.37 bits per heavy atom. The van der Waals surface area contributed by atoms with Crippen LogP contribution in [0.5, 0.6) is 0 Å². The van der Waals surface area contributed by atoms with E-state index >= 15 is 0 Å². The van der Waals surface area contributed by atoms with E-state index in [-0.39, 0.29) is 11.5 Å². The van der Waals surface area contributed by atoms with Crippen molar-refractivity contribution in [1.29, 1.82) is 0 Å². The van der Waals surface area contributed by atoms with Crippen molar-refractivity contribution in [3.63, 3.8) is 0 Å².